The molecule has 1 saturated heterocycles. The maximum absolute atomic E-state index is 12.3. The third-order valence-electron chi connectivity index (χ3n) is 4.74. The maximum Gasteiger partial charge on any atom is 0.223 e. The molecule has 0 radical (unpaired) electrons. The molecule has 0 N–H and O–H groups in total. The topological polar surface area (TPSA) is 40.6 Å². The van der Waals surface area contributed by atoms with Crippen LogP contribution in [0.5, 0.6) is 0 Å². The Morgan fingerprint density at radius 1 is 1.00 bits per heavy atom. The fourth-order valence-electron chi connectivity index (χ4n) is 3.12. The van der Waals surface area contributed by atoms with Gasteiger partial charge in [0.25, 0.3) is 0 Å². The van der Waals surface area contributed by atoms with Crippen LogP contribution in [0.2, 0.25) is 0 Å². The Hall–Kier alpha value is -1.98. The lowest BCUT2D eigenvalue weighted by Crippen LogP contribution is -2.48. The Morgan fingerprint density at radius 2 is 1.76 bits per heavy atom. The number of hydrogen-bond acceptors (Lipinski definition) is 4. The Bertz CT molecular complexity index is 719. The van der Waals surface area contributed by atoms with E-state index in [1.54, 1.807) is 0 Å². The van der Waals surface area contributed by atoms with Gasteiger partial charge in [-0.05, 0) is 29.5 Å². The van der Waals surface area contributed by atoms with Crippen LogP contribution in [-0.4, -0.2) is 47.7 Å². The van der Waals surface area contributed by atoms with Crippen LogP contribution in [0.3, 0.4) is 0 Å². The van der Waals surface area contributed by atoms with E-state index < -0.39 is 0 Å². The highest BCUT2D eigenvalue weighted by atomic mass is 32.1. The molecule has 2 aromatic rings. The van der Waals surface area contributed by atoms with Gasteiger partial charge in [-0.25, -0.2) is 0 Å². The highest BCUT2D eigenvalue weighted by molar-refractivity contribution is 7.12. The van der Waals surface area contributed by atoms with E-state index in [2.05, 4.69) is 36.1 Å². The second kappa shape index (κ2) is 8.41. The number of thiophene rings is 1. The maximum atomic E-state index is 12.3. The van der Waals surface area contributed by atoms with Crippen molar-refractivity contribution in [3.05, 3.63) is 57.8 Å². The molecule has 1 aromatic carbocycles. The van der Waals surface area contributed by atoms with Crippen LogP contribution >= 0.6 is 11.3 Å². The first-order valence-electron chi connectivity index (χ1n) is 8.75. The van der Waals surface area contributed by atoms with Crippen molar-refractivity contribution in [1.29, 1.82) is 0 Å². The summed E-state index contributed by atoms with van der Waals surface area (Å²) in [7, 11) is 0. The number of aryl methyl sites for hydroxylation is 1. The smallest absolute Gasteiger partial charge is 0.223 e. The fourth-order valence-corrected chi connectivity index (χ4v) is 3.82. The normalized spacial score (nSPS) is 15.3. The van der Waals surface area contributed by atoms with E-state index in [0.29, 0.717) is 12.8 Å². The number of hydrogen-bond donors (Lipinski definition) is 0. The lowest BCUT2D eigenvalue weighted by Gasteiger charge is -2.35. The zero-order valence-corrected chi connectivity index (χ0v) is 15.4. The van der Waals surface area contributed by atoms with Crippen LogP contribution in [0, 0.1) is 6.92 Å². The van der Waals surface area contributed by atoms with Gasteiger partial charge in [0, 0.05) is 45.6 Å². The fraction of sp³-hybridized carbons (Fsp3) is 0.400. The lowest BCUT2D eigenvalue weighted by molar-refractivity contribution is -0.132. The molecule has 0 aliphatic carbocycles. The van der Waals surface area contributed by atoms with Crippen molar-refractivity contribution in [3.8, 4) is 0 Å². The summed E-state index contributed by atoms with van der Waals surface area (Å²) in [5.41, 5.74) is 2.66. The number of nitrogens with zero attached hydrogens (tertiary/aromatic N) is 2. The van der Waals surface area contributed by atoms with Gasteiger partial charge in [0.15, 0.2) is 5.78 Å². The summed E-state index contributed by atoms with van der Waals surface area (Å²) in [6.45, 7) is 6.35. The number of carbonyl (C=O) groups is 2. The predicted octanol–water partition coefficient (Wildman–Crippen LogP) is 3.36. The SMILES string of the molecule is Cc1ccccc1CN1CCN(C(=O)CCC(=O)c2cccs2)CC1. The standard InChI is InChI=1S/C20H24N2O2S/c1-16-5-2-3-6-17(16)15-21-10-12-22(13-11-21)20(24)9-8-18(23)19-7-4-14-25-19/h2-7,14H,8-13,15H2,1H3. The van der Waals surface area contributed by atoms with Gasteiger partial charge in [-0.1, -0.05) is 30.3 Å². The summed E-state index contributed by atoms with van der Waals surface area (Å²) in [5.74, 6) is 0.169. The van der Waals surface area contributed by atoms with E-state index in [0.717, 1.165) is 37.6 Å². The molecule has 1 aromatic heterocycles. The molecule has 0 saturated carbocycles. The van der Waals surface area contributed by atoms with Crippen molar-refractivity contribution in [2.75, 3.05) is 26.2 Å². The van der Waals surface area contributed by atoms with Gasteiger partial charge in [0.1, 0.15) is 0 Å². The first-order chi connectivity index (χ1) is 12.1. The largest absolute Gasteiger partial charge is 0.340 e. The van der Waals surface area contributed by atoms with Crippen LogP contribution in [-0.2, 0) is 11.3 Å². The molecule has 0 spiro atoms. The van der Waals surface area contributed by atoms with Gasteiger partial charge in [-0.2, -0.15) is 0 Å². The Labute approximate surface area is 153 Å². The van der Waals surface area contributed by atoms with Crippen molar-refractivity contribution < 1.29 is 9.59 Å². The zero-order valence-electron chi connectivity index (χ0n) is 14.6. The molecule has 0 atom stereocenters. The molecular weight excluding hydrogens is 332 g/mol. The molecular formula is C20H24N2O2S. The van der Waals surface area contributed by atoms with E-state index in [-0.39, 0.29) is 11.7 Å². The van der Waals surface area contributed by atoms with Crippen LogP contribution in [0.4, 0.5) is 0 Å². The van der Waals surface area contributed by atoms with Crippen LogP contribution in [0.15, 0.2) is 41.8 Å². The number of ketones is 1. The molecule has 2 heterocycles. The molecule has 0 bridgehead atoms. The molecule has 4 nitrogen and oxygen atoms in total. The number of piperazine rings is 1. The van der Waals surface area contributed by atoms with E-state index >= 15 is 0 Å². The quantitative estimate of drug-likeness (QED) is 0.745. The van der Waals surface area contributed by atoms with E-state index in [9.17, 15) is 9.59 Å². The van der Waals surface area contributed by atoms with Gasteiger partial charge < -0.3 is 4.90 Å². The molecule has 1 fully saturated rings. The first kappa shape index (κ1) is 17.8. The Balaban J connectivity index is 1.43. The Kier molecular flexibility index (Phi) is 6.00. The number of amides is 1. The van der Waals surface area contributed by atoms with E-state index in [4.69, 9.17) is 0 Å². The third-order valence-corrected chi connectivity index (χ3v) is 5.65. The average molecular weight is 356 g/mol. The third kappa shape index (κ3) is 4.77. The molecule has 132 valence electrons. The molecule has 1 amide bonds. The number of benzene rings is 1. The number of Topliss-reactive ketones (excluding diaryl/α,β-unsaturated/α-hetero) is 1. The van der Waals surface area contributed by atoms with Crippen LogP contribution < -0.4 is 0 Å². The summed E-state index contributed by atoms with van der Waals surface area (Å²) < 4.78 is 0. The summed E-state index contributed by atoms with van der Waals surface area (Å²) in [6.07, 6.45) is 0.622. The highest BCUT2D eigenvalue weighted by Gasteiger charge is 2.22. The minimum atomic E-state index is 0.0709. The van der Waals surface area contributed by atoms with Crippen molar-refractivity contribution in [2.45, 2.75) is 26.3 Å². The summed E-state index contributed by atoms with van der Waals surface area (Å²) in [4.78, 5) is 29.4. The molecule has 3 rings (SSSR count). The molecule has 1 aliphatic heterocycles. The number of carbonyl (C=O) groups excluding carboxylic acids is 2. The minimum Gasteiger partial charge on any atom is -0.340 e. The van der Waals surface area contributed by atoms with Crippen molar-refractivity contribution in [3.63, 3.8) is 0 Å². The van der Waals surface area contributed by atoms with Crippen molar-refractivity contribution in [1.82, 2.24) is 9.80 Å². The monoisotopic (exact) mass is 356 g/mol. The van der Waals surface area contributed by atoms with Gasteiger partial charge in [0.05, 0.1) is 4.88 Å². The molecule has 0 unspecified atom stereocenters. The predicted molar refractivity (Wildman–Crippen MR) is 101 cm³/mol. The van der Waals surface area contributed by atoms with Gasteiger partial charge in [0.2, 0.25) is 5.91 Å². The van der Waals surface area contributed by atoms with Gasteiger partial charge in [-0.3, -0.25) is 14.5 Å². The van der Waals surface area contributed by atoms with Gasteiger partial charge >= 0.3 is 0 Å². The highest BCUT2D eigenvalue weighted by Crippen LogP contribution is 2.15. The van der Waals surface area contributed by atoms with Crippen LogP contribution in [0.1, 0.15) is 33.6 Å². The number of rotatable bonds is 6. The summed E-state index contributed by atoms with van der Waals surface area (Å²) >= 11 is 1.44. The summed E-state index contributed by atoms with van der Waals surface area (Å²) in [6, 6.07) is 12.1. The first-order valence-corrected chi connectivity index (χ1v) is 9.63. The Morgan fingerprint density at radius 3 is 2.44 bits per heavy atom. The van der Waals surface area contributed by atoms with Gasteiger partial charge in [-0.15, -0.1) is 11.3 Å². The average Bonchev–Trinajstić information content (AvgIpc) is 3.17. The van der Waals surface area contributed by atoms with Crippen LogP contribution in [0.25, 0.3) is 0 Å². The summed E-state index contributed by atoms with van der Waals surface area (Å²) in [5, 5.41) is 1.89. The molecule has 1 aliphatic rings. The zero-order chi connectivity index (χ0) is 17.6. The van der Waals surface area contributed by atoms with Crippen molar-refractivity contribution in [2.24, 2.45) is 0 Å². The lowest BCUT2D eigenvalue weighted by atomic mass is 10.1. The molecule has 5 heteroatoms. The van der Waals surface area contributed by atoms with Crippen molar-refractivity contribution >= 4 is 23.0 Å². The van der Waals surface area contributed by atoms with E-state index in [1.807, 2.05) is 22.4 Å². The van der Waals surface area contributed by atoms with E-state index in [1.165, 1.54) is 22.5 Å². The minimum absolute atomic E-state index is 0.0709. The second-order valence-corrected chi connectivity index (χ2v) is 7.43. The molecule has 25 heavy (non-hydrogen) atoms. The second-order valence-electron chi connectivity index (χ2n) is 6.48.